The summed E-state index contributed by atoms with van der Waals surface area (Å²) in [4.78, 5) is 28.3. The van der Waals surface area contributed by atoms with Gasteiger partial charge < -0.3 is 14.6 Å². The van der Waals surface area contributed by atoms with Gasteiger partial charge in [0.15, 0.2) is 4.34 Å². The second-order valence-corrected chi connectivity index (χ2v) is 11.1. The lowest BCUT2D eigenvalue weighted by Gasteiger charge is -2.23. The molecule has 2 heterocycles. The van der Waals surface area contributed by atoms with Crippen LogP contribution >= 0.6 is 23.1 Å². The van der Waals surface area contributed by atoms with Gasteiger partial charge in [-0.2, -0.15) is 0 Å². The average Bonchev–Trinajstić information content (AvgIpc) is 3.57. The third-order valence-electron chi connectivity index (χ3n) is 6.23. The first-order valence-electron chi connectivity index (χ1n) is 12.9. The summed E-state index contributed by atoms with van der Waals surface area (Å²) in [6, 6.07) is 22.8. The third-order valence-corrected chi connectivity index (χ3v) is 8.36. The fourth-order valence-electron chi connectivity index (χ4n) is 4.38. The van der Waals surface area contributed by atoms with E-state index in [-0.39, 0.29) is 23.1 Å². The number of amides is 1. The smallest absolute Gasteiger partial charge is 0.301 e. The Morgan fingerprint density at radius 3 is 2.54 bits per heavy atom. The summed E-state index contributed by atoms with van der Waals surface area (Å²) in [5.41, 5.74) is 2.04. The Labute approximate surface area is 246 Å². The van der Waals surface area contributed by atoms with Crippen LogP contribution in [-0.4, -0.2) is 40.2 Å². The third kappa shape index (κ3) is 6.18. The van der Waals surface area contributed by atoms with Crippen LogP contribution in [0.2, 0.25) is 0 Å². The number of aliphatic hydroxyl groups is 1. The first-order chi connectivity index (χ1) is 20.0. The minimum absolute atomic E-state index is 0.0475. The molecule has 3 aromatic carbocycles. The number of ether oxygens (including phenoxy) is 2. The molecule has 1 aliphatic rings. The molecule has 10 heteroatoms. The first kappa shape index (κ1) is 28.1. The Bertz CT molecular complexity index is 1580. The van der Waals surface area contributed by atoms with Crippen molar-refractivity contribution < 1.29 is 24.2 Å². The Kier molecular flexibility index (Phi) is 8.81. The van der Waals surface area contributed by atoms with Gasteiger partial charge in [-0.05, 0) is 54.4 Å². The van der Waals surface area contributed by atoms with E-state index >= 15 is 0 Å². The monoisotopic (exact) mass is 585 g/mol. The van der Waals surface area contributed by atoms with Gasteiger partial charge in [0.25, 0.3) is 5.78 Å². The van der Waals surface area contributed by atoms with Crippen molar-refractivity contribution in [3.63, 3.8) is 0 Å². The van der Waals surface area contributed by atoms with Crippen molar-refractivity contribution in [2.45, 2.75) is 23.1 Å². The number of benzene rings is 3. The van der Waals surface area contributed by atoms with Crippen molar-refractivity contribution in [2.24, 2.45) is 0 Å². The van der Waals surface area contributed by atoms with Crippen LogP contribution < -0.4 is 14.4 Å². The molecule has 1 N–H and O–H groups in total. The zero-order valence-electron chi connectivity index (χ0n) is 22.2. The minimum atomic E-state index is -0.950. The Balaban J connectivity index is 1.55. The molecule has 8 nitrogen and oxygen atoms in total. The first-order valence-corrected chi connectivity index (χ1v) is 14.7. The number of hydrogen-bond acceptors (Lipinski definition) is 9. The van der Waals surface area contributed by atoms with E-state index in [1.54, 1.807) is 54.6 Å². The molecule has 0 bridgehead atoms. The number of ketones is 1. The molecule has 0 radical (unpaired) electrons. The number of aliphatic hydroxyl groups excluding tert-OH is 1. The van der Waals surface area contributed by atoms with Crippen molar-refractivity contribution in [3.05, 3.63) is 114 Å². The van der Waals surface area contributed by atoms with E-state index in [2.05, 4.69) is 16.8 Å². The lowest BCUT2D eigenvalue weighted by atomic mass is 9.95. The van der Waals surface area contributed by atoms with Crippen LogP contribution in [0.3, 0.4) is 0 Å². The Morgan fingerprint density at radius 1 is 1.02 bits per heavy atom. The highest BCUT2D eigenvalue weighted by Gasteiger charge is 2.48. The molecule has 0 saturated carbocycles. The van der Waals surface area contributed by atoms with Crippen LogP contribution in [0.1, 0.15) is 29.7 Å². The second kappa shape index (κ2) is 12.8. The topological polar surface area (TPSA) is 102 Å². The predicted molar refractivity (Wildman–Crippen MR) is 160 cm³/mol. The number of Topliss-reactive ketones (excluding diaryl/α,β-unsaturated/α-hetero) is 1. The predicted octanol–water partition coefficient (Wildman–Crippen LogP) is 6.42. The summed E-state index contributed by atoms with van der Waals surface area (Å²) in [7, 11) is 0. The van der Waals surface area contributed by atoms with Gasteiger partial charge in [0.1, 0.15) is 23.9 Å². The van der Waals surface area contributed by atoms with Crippen LogP contribution in [-0.2, 0) is 15.3 Å². The van der Waals surface area contributed by atoms with Crippen LogP contribution in [0.25, 0.3) is 5.76 Å². The summed E-state index contributed by atoms with van der Waals surface area (Å²) >= 11 is 2.71. The minimum Gasteiger partial charge on any atom is -0.507 e. The largest absolute Gasteiger partial charge is 0.507 e. The van der Waals surface area contributed by atoms with E-state index in [4.69, 9.17) is 9.47 Å². The molecular formula is C31H27N3O5S2. The van der Waals surface area contributed by atoms with Gasteiger partial charge in [-0.1, -0.05) is 78.2 Å². The number of rotatable bonds is 11. The quantitative estimate of drug-likeness (QED) is 0.0537. The average molecular weight is 586 g/mol. The van der Waals surface area contributed by atoms with Crippen molar-refractivity contribution in [1.29, 1.82) is 0 Å². The van der Waals surface area contributed by atoms with E-state index in [0.717, 1.165) is 5.56 Å². The van der Waals surface area contributed by atoms with Crippen LogP contribution in [0.4, 0.5) is 5.13 Å². The van der Waals surface area contributed by atoms with Gasteiger partial charge in [0.2, 0.25) is 5.13 Å². The van der Waals surface area contributed by atoms with Gasteiger partial charge in [0.05, 0.1) is 18.2 Å². The van der Waals surface area contributed by atoms with E-state index in [9.17, 15) is 14.7 Å². The zero-order chi connectivity index (χ0) is 28.8. The van der Waals surface area contributed by atoms with Crippen LogP contribution in [0, 0.1) is 0 Å². The maximum Gasteiger partial charge on any atom is 0.301 e. The molecule has 1 aromatic heterocycles. The van der Waals surface area contributed by atoms with Gasteiger partial charge in [-0.25, -0.2) is 0 Å². The number of hydrogen-bond donors (Lipinski definition) is 1. The molecule has 1 atom stereocenters. The fraction of sp³-hybridized carbons (Fsp3) is 0.161. The summed E-state index contributed by atoms with van der Waals surface area (Å²) in [6.45, 7) is 6.34. The Morgan fingerprint density at radius 2 is 1.80 bits per heavy atom. The lowest BCUT2D eigenvalue weighted by Crippen LogP contribution is -2.29. The highest BCUT2D eigenvalue weighted by molar-refractivity contribution is 8.00. The van der Waals surface area contributed by atoms with E-state index in [1.165, 1.54) is 28.0 Å². The molecule has 1 fully saturated rings. The van der Waals surface area contributed by atoms with Crippen molar-refractivity contribution >= 4 is 45.7 Å². The van der Waals surface area contributed by atoms with Gasteiger partial charge in [-0.15, -0.1) is 10.2 Å². The molecule has 4 aromatic rings. The van der Waals surface area contributed by atoms with Gasteiger partial charge in [-0.3, -0.25) is 14.5 Å². The Hall–Kier alpha value is -4.41. The molecular weight excluding hydrogens is 558 g/mol. The molecule has 0 spiro atoms. The standard InChI is InChI=1S/C31H27N3O5S2/c1-3-17-39-24-12-8-11-22(18-24)26-25(27(35)21-13-15-23(16-14-21)38-4-2)28(36)29(37)34(26)30-32-33-31(41-30)40-19-20-9-6-5-7-10-20/h3,5-16,18,26,35H,1,4,17,19H2,2H3. The summed E-state index contributed by atoms with van der Waals surface area (Å²) < 4.78 is 11.9. The lowest BCUT2D eigenvalue weighted by molar-refractivity contribution is -0.132. The molecule has 5 rings (SSSR count). The van der Waals surface area contributed by atoms with E-state index in [1.807, 2.05) is 37.3 Å². The number of aromatic nitrogens is 2. The van der Waals surface area contributed by atoms with Gasteiger partial charge >= 0.3 is 5.91 Å². The SMILES string of the molecule is C=CCOc1cccc(C2C(=C(O)c3ccc(OCC)cc3)C(=O)C(=O)N2c2nnc(SCc3ccccc3)s2)c1. The number of carbonyl (C=O) groups is 2. The summed E-state index contributed by atoms with van der Waals surface area (Å²) in [6.07, 6.45) is 1.63. The maximum absolute atomic E-state index is 13.5. The number of carbonyl (C=O) groups excluding carboxylic acids is 2. The highest BCUT2D eigenvalue weighted by atomic mass is 32.2. The summed E-state index contributed by atoms with van der Waals surface area (Å²) in [5, 5.41) is 20.2. The normalized spacial score (nSPS) is 16.1. The maximum atomic E-state index is 13.5. The molecule has 1 aliphatic heterocycles. The van der Waals surface area contributed by atoms with Crippen molar-refractivity contribution in [1.82, 2.24) is 10.2 Å². The molecule has 208 valence electrons. The summed E-state index contributed by atoms with van der Waals surface area (Å²) in [5.74, 6) is -0.0615. The van der Waals surface area contributed by atoms with Crippen LogP contribution in [0.15, 0.2) is 101 Å². The molecule has 41 heavy (non-hydrogen) atoms. The number of nitrogens with zero attached hydrogens (tertiary/aromatic N) is 3. The van der Waals surface area contributed by atoms with E-state index in [0.29, 0.717) is 39.3 Å². The van der Waals surface area contributed by atoms with Crippen LogP contribution in [0.5, 0.6) is 11.5 Å². The highest BCUT2D eigenvalue weighted by Crippen LogP contribution is 2.44. The van der Waals surface area contributed by atoms with E-state index < -0.39 is 17.7 Å². The van der Waals surface area contributed by atoms with Crippen molar-refractivity contribution in [2.75, 3.05) is 18.1 Å². The number of anilines is 1. The molecule has 1 amide bonds. The zero-order valence-corrected chi connectivity index (χ0v) is 23.9. The van der Waals surface area contributed by atoms with Crippen molar-refractivity contribution in [3.8, 4) is 11.5 Å². The fourth-order valence-corrected chi connectivity index (χ4v) is 6.21. The number of thioether (sulfide) groups is 1. The second-order valence-electron chi connectivity index (χ2n) is 8.92. The van der Waals surface area contributed by atoms with Gasteiger partial charge in [0, 0.05) is 11.3 Å². The molecule has 1 unspecified atom stereocenters. The molecule has 0 aliphatic carbocycles. The molecule has 1 saturated heterocycles.